The van der Waals surface area contributed by atoms with E-state index in [4.69, 9.17) is 9.47 Å². The quantitative estimate of drug-likeness (QED) is 0.386. The molecule has 1 aliphatic heterocycles. The predicted octanol–water partition coefficient (Wildman–Crippen LogP) is 4.72. The van der Waals surface area contributed by atoms with Crippen molar-refractivity contribution in [3.63, 3.8) is 0 Å². The highest BCUT2D eigenvalue weighted by atomic mass is 19.1. The van der Waals surface area contributed by atoms with Gasteiger partial charge in [-0.2, -0.15) is 0 Å². The number of halogens is 1. The molecule has 0 saturated carbocycles. The largest absolute Gasteiger partial charge is 0.484 e. The zero-order valence-corrected chi connectivity index (χ0v) is 19.7. The Morgan fingerprint density at radius 1 is 0.972 bits per heavy atom. The fraction of sp³-hybridized carbons (Fsp3) is 0.107. The summed E-state index contributed by atoms with van der Waals surface area (Å²) in [6.45, 7) is 1.46. The Hall–Kier alpha value is -4.72. The molecule has 7 nitrogen and oxygen atoms in total. The average molecular weight is 486 g/mol. The van der Waals surface area contributed by atoms with Crippen LogP contribution in [-0.4, -0.2) is 31.5 Å². The molecule has 0 spiro atoms. The number of para-hydroxylation sites is 1. The lowest BCUT2D eigenvalue weighted by Gasteiger charge is -2.17. The van der Waals surface area contributed by atoms with Gasteiger partial charge in [-0.15, -0.1) is 0 Å². The lowest BCUT2D eigenvalue weighted by atomic mass is 10.0. The molecule has 36 heavy (non-hydrogen) atoms. The van der Waals surface area contributed by atoms with E-state index in [-0.39, 0.29) is 23.7 Å². The van der Waals surface area contributed by atoms with Gasteiger partial charge in [-0.05, 0) is 67.1 Å². The van der Waals surface area contributed by atoms with Crippen LogP contribution in [0.1, 0.15) is 12.5 Å². The number of rotatable bonds is 7. The Balaban J connectivity index is 1.48. The van der Waals surface area contributed by atoms with Crippen LogP contribution in [0, 0.1) is 5.82 Å². The van der Waals surface area contributed by atoms with Crippen molar-refractivity contribution in [1.29, 1.82) is 0 Å². The number of allylic oxidation sites excluding steroid dienone is 1. The summed E-state index contributed by atoms with van der Waals surface area (Å²) >= 11 is 0. The second kappa shape index (κ2) is 10.7. The van der Waals surface area contributed by atoms with Gasteiger partial charge in [0.1, 0.15) is 11.6 Å². The van der Waals surface area contributed by atoms with Gasteiger partial charge in [0.2, 0.25) is 0 Å². The molecule has 2 amide bonds. The zero-order chi connectivity index (χ0) is 25.7. The van der Waals surface area contributed by atoms with Crippen molar-refractivity contribution in [2.75, 3.05) is 23.9 Å². The third-order valence-corrected chi connectivity index (χ3v) is 5.49. The molecule has 0 aromatic heterocycles. The van der Waals surface area contributed by atoms with E-state index in [0.29, 0.717) is 28.4 Å². The van der Waals surface area contributed by atoms with Gasteiger partial charge in [0.05, 0.1) is 18.3 Å². The first-order valence-corrected chi connectivity index (χ1v) is 11.1. The number of anilines is 2. The number of hydrogen-bond acceptors (Lipinski definition) is 5. The minimum atomic E-state index is -0.599. The van der Waals surface area contributed by atoms with Gasteiger partial charge in [0.25, 0.3) is 11.8 Å². The summed E-state index contributed by atoms with van der Waals surface area (Å²) in [6.07, 6.45) is 1.62. The van der Waals surface area contributed by atoms with E-state index >= 15 is 0 Å². The van der Waals surface area contributed by atoms with Gasteiger partial charge in [-0.3, -0.25) is 14.5 Å². The van der Waals surface area contributed by atoms with Gasteiger partial charge >= 0.3 is 5.97 Å². The van der Waals surface area contributed by atoms with Crippen LogP contribution in [0.2, 0.25) is 0 Å². The van der Waals surface area contributed by atoms with E-state index in [1.54, 1.807) is 49.4 Å². The summed E-state index contributed by atoms with van der Waals surface area (Å²) in [4.78, 5) is 39.4. The Morgan fingerprint density at radius 2 is 1.64 bits per heavy atom. The number of hydrogen-bond donors (Lipinski definition) is 1. The standard InChI is InChI=1S/C28H23FN2O5/c1-18-26(28(34)35-2)24(27(33)31(18)22-6-4-3-5-7-22)16-19-8-14-23(15-9-19)36-17-25(32)30-21-12-10-20(29)11-13-21/h3-16H,17H2,1-2H3,(H,30,32)/b24-16+. The number of methoxy groups -OCH3 is 1. The van der Waals surface area contributed by atoms with Gasteiger partial charge in [-0.25, -0.2) is 9.18 Å². The highest BCUT2D eigenvalue weighted by molar-refractivity contribution is 6.23. The number of carbonyl (C=O) groups excluding carboxylic acids is 3. The predicted molar refractivity (Wildman–Crippen MR) is 134 cm³/mol. The number of esters is 1. The van der Waals surface area contributed by atoms with E-state index < -0.39 is 17.7 Å². The monoisotopic (exact) mass is 486 g/mol. The van der Waals surface area contributed by atoms with Crippen molar-refractivity contribution >= 4 is 35.2 Å². The summed E-state index contributed by atoms with van der Waals surface area (Å²) in [7, 11) is 1.27. The van der Waals surface area contributed by atoms with Crippen LogP contribution in [0.5, 0.6) is 5.75 Å². The maximum Gasteiger partial charge on any atom is 0.340 e. The van der Waals surface area contributed by atoms with Gasteiger partial charge in [0.15, 0.2) is 6.61 Å². The summed E-state index contributed by atoms with van der Waals surface area (Å²) in [5.41, 5.74) is 2.66. The molecule has 3 aromatic rings. The molecular weight excluding hydrogens is 463 g/mol. The third-order valence-electron chi connectivity index (χ3n) is 5.49. The maximum absolute atomic E-state index is 13.3. The molecule has 0 radical (unpaired) electrons. The van der Waals surface area contributed by atoms with Gasteiger partial charge in [0, 0.05) is 17.1 Å². The van der Waals surface area contributed by atoms with E-state index in [0.717, 1.165) is 0 Å². The second-order valence-corrected chi connectivity index (χ2v) is 7.90. The number of amides is 2. The summed E-state index contributed by atoms with van der Waals surface area (Å²) < 4.78 is 23.4. The normalized spacial score (nSPS) is 14.2. The molecule has 1 aliphatic rings. The van der Waals surface area contributed by atoms with Crippen molar-refractivity contribution in [1.82, 2.24) is 0 Å². The average Bonchev–Trinajstić information content (AvgIpc) is 3.14. The molecule has 1 heterocycles. The number of nitrogens with one attached hydrogen (secondary N) is 1. The van der Waals surface area contributed by atoms with Crippen LogP contribution >= 0.6 is 0 Å². The maximum atomic E-state index is 13.3. The Morgan fingerprint density at radius 3 is 2.28 bits per heavy atom. The Labute approximate surface area is 207 Å². The minimum absolute atomic E-state index is 0.198. The summed E-state index contributed by atoms with van der Waals surface area (Å²) in [5, 5.41) is 2.62. The number of benzene rings is 3. The fourth-order valence-electron chi connectivity index (χ4n) is 3.77. The first-order chi connectivity index (χ1) is 17.4. The Kier molecular flexibility index (Phi) is 7.25. The molecule has 0 bridgehead atoms. The molecule has 3 aromatic carbocycles. The van der Waals surface area contributed by atoms with Gasteiger partial charge in [-0.1, -0.05) is 30.3 Å². The van der Waals surface area contributed by atoms with Crippen LogP contribution in [0.25, 0.3) is 6.08 Å². The molecule has 1 N–H and O–H groups in total. The lowest BCUT2D eigenvalue weighted by molar-refractivity contribution is -0.136. The van der Waals surface area contributed by atoms with Gasteiger partial charge < -0.3 is 14.8 Å². The molecule has 0 atom stereocenters. The minimum Gasteiger partial charge on any atom is -0.484 e. The fourth-order valence-corrected chi connectivity index (χ4v) is 3.77. The van der Waals surface area contributed by atoms with Crippen molar-refractivity contribution in [3.8, 4) is 5.75 Å². The first-order valence-electron chi connectivity index (χ1n) is 11.1. The van der Waals surface area contributed by atoms with Crippen molar-refractivity contribution in [3.05, 3.63) is 107 Å². The third kappa shape index (κ3) is 5.33. The van der Waals surface area contributed by atoms with E-state index in [2.05, 4.69) is 5.32 Å². The number of carbonyl (C=O) groups is 3. The molecule has 0 fully saturated rings. The Bertz CT molecular complexity index is 1350. The van der Waals surface area contributed by atoms with Crippen LogP contribution in [0.15, 0.2) is 95.7 Å². The molecule has 8 heteroatoms. The zero-order valence-electron chi connectivity index (χ0n) is 19.7. The van der Waals surface area contributed by atoms with Crippen LogP contribution < -0.4 is 15.0 Å². The van der Waals surface area contributed by atoms with E-state index in [1.165, 1.54) is 36.3 Å². The number of nitrogens with zero attached hydrogens (tertiary/aromatic N) is 1. The highest BCUT2D eigenvalue weighted by Crippen LogP contribution is 2.35. The van der Waals surface area contributed by atoms with Crippen molar-refractivity contribution in [2.24, 2.45) is 0 Å². The van der Waals surface area contributed by atoms with Crippen LogP contribution in [0.3, 0.4) is 0 Å². The molecule has 0 unspecified atom stereocenters. The van der Waals surface area contributed by atoms with Crippen molar-refractivity contribution in [2.45, 2.75) is 6.92 Å². The lowest BCUT2D eigenvalue weighted by Crippen LogP contribution is -2.24. The molecular formula is C28H23FN2O5. The van der Waals surface area contributed by atoms with E-state index in [9.17, 15) is 18.8 Å². The first kappa shape index (κ1) is 24.4. The van der Waals surface area contributed by atoms with Crippen molar-refractivity contribution < 1.29 is 28.2 Å². The molecule has 0 saturated heterocycles. The summed E-state index contributed by atoms with van der Waals surface area (Å²) in [6, 6.07) is 21.2. The van der Waals surface area contributed by atoms with Crippen LogP contribution in [-0.2, 0) is 19.1 Å². The summed E-state index contributed by atoms with van der Waals surface area (Å²) in [5.74, 6) is -1.28. The SMILES string of the molecule is COC(=O)C1=C(C)N(c2ccccc2)C(=O)/C1=C/c1ccc(OCC(=O)Nc2ccc(F)cc2)cc1. The van der Waals surface area contributed by atoms with Crippen LogP contribution in [0.4, 0.5) is 15.8 Å². The second-order valence-electron chi connectivity index (χ2n) is 7.90. The molecule has 0 aliphatic carbocycles. The smallest absolute Gasteiger partial charge is 0.340 e. The molecule has 4 rings (SSSR count). The topological polar surface area (TPSA) is 84.9 Å². The van der Waals surface area contributed by atoms with E-state index in [1.807, 2.05) is 18.2 Å². The highest BCUT2D eigenvalue weighted by Gasteiger charge is 2.37. The number of ether oxygens (including phenoxy) is 2. The molecule has 182 valence electrons.